The summed E-state index contributed by atoms with van der Waals surface area (Å²) in [6, 6.07) is 14.3. The summed E-state index contributed by atoms with van der Waals surface area (Å²) in [6.45, 7) is 0. The maximum atomic E-state index is 9.39. The number of hydrogen-bond acceptors (Lipinski definition) is 6. The quantitative estimate of drug-likeness (QED) is 0.403. The van der Waals surface area contributed by atoms with Gasteiger partial charge in [0.05, 0.1) is 17.9 Å². The fraction of sp³-hybridized carbons (Fsp3) is 0.105. The molecule has 0 bridgehead atoms. The van der Waals surface area contributed by atoms with Gasteiger partial charge in [0, 0.05) is 19.0 Å². The van der Waals surface area contributed by atoms with E-state index >= 15 is 0 Å². The molecule has 0 amide bonds. The van der Waals surface area contributed by atoms with Crippen LogP contribution in [-0.2, 0) is 0 Å². The van der Waals surface area contributed by atoms with E-state index in [1.807, 2.05) is 32.3 Å². The average Bonchev–Trinajstić information content (AvgIpc) is 3.30. The Morgan fingerprint density at radius 1 is 1.22 bits per heavy atom. The zero-order chi connectivity index (χ0) is 18.8. The molecule has 4 aromatic rings. The number of nitriles is 1. The maximum absolute atomic E-state index is 9.39. The summed E-state index contributed by atoms with van der Waals surface area (Å²) in [5.41, 5.74) is 1.51. The first-order valence-electron chi connectivity index (χ1n) is 8.16. The van der Waals surface area contributed by atoms with Crippen LogP contribution in [-0.4, -0.2) is 45.1 Å². The van der Waals surface area contributed by atoms with Crippen LogP contribution in [0.15, 0.2) is 53.9 Å². The zero-order valence-electron chi connectivity index (χ0n) is 14.7. The third-order valence-corrected chi connectivity index (χ3v) is 4.93. The van der Waals surface area contributed by atoms with Crippen molar-refractivity contribution in [3.8, 4) is 22.3 Å². The summed E-state index contributed by atoms with van der Waals surface area (Å²) in [6.07, 6.45) is 4.65. The Morgan fingerprint density at radius 2 is 2.04 bits per heavy atom. The van der Waals surface area contributed by atoms with Crippen LogP contribution in [0.2, 0.25) is 0 Å². The van der Waals surface area contributed by atoms with Crippen LogP contribution in [0.1, 0.15) is 5.56 Å². The van der Waals surface area contributed by atoms with Gasteiger partial charge in [-0.2, -0.15) is 15.0 Å². The second kappa shape index (κ2) is 6.97. The molecule has 3 heterocycles. The van der Waals surface area contributed by atoms with Gasteiger partial charge in [-0.05, 0) is 11.6 Å². The number of aliphatic imine (C=N–C) groups is 1. The van der Waals surface area contributed by atoms with Crippen molar-refractivity contribution in [3.63, 3.8) is 0 Å². The molecule has 0 atom stereocenters. The lowest BCUT2D eigenvalue weighted by Gasteiger charge is -2.06. The summed E-state index contributed by atoms with van der Waals surface area (Å²) >= 11 is 1.59. The smallest absolute Gasteiger partial charge is 0.176 e. The lowest BCUT2D eigenvalue weighted by atomic mass is 10.2. The van der Waals surface area contributed by atoms with Crippen LogP contribution in [0, 0.1) is 11.3 Å². The Morgan fingerprint density at radius 3 is 2.78 bits per heavy atom. The second-order valence-electron chi connectivity index (χ2n) is 6.01. The minimum absolute atomic E-state index is 0.387. The monoisotopic (exact) mass is 373 g/mol. The van der Waals surface area contributed by atoms with Gasteiger partial charge in [-0.15, -0.1) is 11.3 Å². The van der Waals surface area contributed by atoms with Crippen LogP contribution in [0.25, 0.3) is 26.5 Å². The van der Waals surface area contributed by atoms with E-state index in [0.29, 0.717) is 17.2 Å². The van der Waals surface area contributed by atoms with E-state index in [2.05, 4.69) is 44.3 Å². The van der Waals surface area contributed by atoms with Crippen LogP contribution in [0.4, 0.5) is 5.82 Å². The molecule has 1 aromatic carbocycles. The Balaban J connectivity index is 1.89. The van der Waals surface area contributed by atoms with Gasteiger partial charge in [-0.3, -0.25) is 0 Å². The summed E-state index contributed by atoms with van der Waals surface area (Å²) in [5.74, 6) is 1.05. The number of fused-ring (bicyclic) bond motifs is 1. The van der Waals surface area contributed by atoms with E-state index in [0.717, 1.165) is 20.7 Å². The Hall–Kier alpha value is -3.57. The Kier molecular flexibility index (Phi) is 4.36. The van der Waals surface area contributed by atoms with Crippen molar-refractivity contribution >= 4 is 33.7 Å². The molecule has 7 nitrogen and oxygen atoms in total. The predicted octanol–water partition coefficient (Wildman–Crippen LogP) is 3.64. The maximum Gasteiger partial charge on any atom is 0.176 e. The van der Waals surface area contributed by atoms with Crippen molar-refractivity contribution in [3.05, 3.63) is 54.5 Å². The van der Waals surface area contributed by atoms with E-state index in [1.165, 1.54) is 12.5 Å². The number of benzene rings is 1. The number of thiophene rings is 1. The van der Waals surface area contributed by atoms with E-state index in [1.54, 1.807) is 27.3 Å². The van der Waals surface area contributed by atoms with Crippen LogP contribution in [0.5, 0.6) is 0 Å². The lowest BCUT2D eigenvalue weighted by Crippen LogP contribution is -2.08. The normalized spacial score (nSPS) is 11.1. The Labute approximate surface area is 159 Å². The molecule has 0 aliphatic heterocycles. The summed E-state index contributed by atoms with van der Waals surface area (Å²) in [7, 11) is 3.73. The van der Waals surface area contributed by atoms with Gasteiger partial charge in [-0.25, -0.2) is 15.0 Å². The minimum atomic E-state index is 0.387. The number of hydrogen-bond donors (Lipinski definition) is 0. The molecule has 0 radical (unpaired) electrons. The van der Waals surface area contributed by atoms with Crippen molar-refractivity contribution < 1.29 is 0 Å². The van der Waals surface area contributed by atoms with Crippen molar-refractivity contribution in [2.75, 3.05) is 14.1 Å². The topological polar surface area (TPSA) is 83.0 Å². The van der Waals surface area contributed by atoms with Gasteiger partial charge >= 0.3 is 0 Å². The van der Waals surface area contributed by atoms with E-state index in [-0.39, 0.29) is 0 Å². The highest BCUT2D eigenvalue weighted by Crippen LogP contribution is 2.35. The predicted molar refractivity (Wildman–Crippen MR) is 107 cm³/mol. The third-order valence-electron chi connectivity index (χ3n) is 3.84. The molecule has 3 aromatic heterocycles. The van der Waals surface area contributed by atoms with E-state index in [9.17, 15) is 5.26 Å². The van der Waals surface area contributed by atoms with Gasteiger partial charge in [0.25, 0.3) is 0 Å². The standard InChI is InChI=1S/C19H15N7S/c1-25(2)12-23-17-14(9-20)10-24-26(17)18-15-8-16(13-6-4-3-5-7-13)27-19(15)22-11-21-18/h3-8,10-12H,1-2H3/b23-12+. The summed E-state index contributed by atoms with van der Waals surface area (Å²) in [5, 5.41) is 14.6. The molecule has 0 N–H and O–H groups in total. The molecule has 0 fully saturated rings. The fourth-order valence-electron chi connectivity index (χ4n) is 2.63. The number of nitrogens with zero attached hydrogens (tertiary/aromatic N) is 7. The molecule has 0 saturated heterocycles. The van der Waals surface area contributed by atoms with Gasteiger partial charge in [0.15, 0.2) is 11.6 Å². The van der Waals surface area contributed by atoms with Crippen LogP contribution < -0.4 is 0 Å². The van der Waals surface area contributed by atoms with Crippen LogP contribution in [0.3, 0.4) is 0 Å². The highest BCUT2D eigenvalue weighted by molar-refractivity contribution is 7.21. The Bertz CT molecular complexity index is 1170. The highest BCUT2D eigenvalue weighted by atomic mass is 32.1. The van der Waals surface area contributed by atoms with Crippen molar-refractivity contribution in [2.45, 2.75) is 0 Å². The fourth-order valence-corrected chi connectivity index (χ4v) is 3.63. The largest absolute Gasteiger partial charge is 0.369 e. The molecule has 0 saturated carbocycles. The minimum Gasteiger partial charge on any atom is -0.369 e. The molecule has 0 spiro atoms. The first kappa shape index (κ1) is 16.9. The highest BCUT2D eigenvalue weighted by Gasteiger charge is 2.17. The number of aromatic nitrogens is 4. The second-order valence-corrected chi connectivity index (χ2v) is 7.04. The molecular weight excluding hydrogens is 358 g/mol. The van der Waals surface area contributed by atoms with Crippen LogP contribution >= 0.6 is 11.3 Å². The van der Waals surface area contributed by atoms with Crippen molar-refractivity contribution in [1.82, 2.24) is 24.6 Å². The average molecular weight is 373 g/mol. The zero-order valence-corrected chi connectivity index (χ0v) is 15.6. The molecule has 0 aliphatic rings. The molecule has 0 aliphatic carbocycles. The molecule has 8 heteroatoms. The number of rotatable bonds is 4. The SMILES string of the molecule is CN(C)/C=N/c1c(C#N)cnn1-c1ncnc2sc(-c3ccccc3)cc12. The van der Waals surface area contributed by atoms with Crippen molar-refractivity contribution in [1.29, 1.82) is 5.26 Å². The summed E-state index contributed by atoms with van der Waals surface area (Å²) < 4.78 is 1.59. The molecular formula is C19H15N7S. The van der Waals surface area contributed by atoms with E-state index < -0.39 is 0 Å². The van der Waals surface area contributed by atoms with Gasteiger partial charge < -0.3 is 4.90 Å². The first-order valence-corrected chi connectivity index (χ1v) is 8.98. The molecule has 0 unspecified atom stereocenters. The van der Waals surface area contributed by atoms with Gasteiger partial charge in [-0.1, -0.05) is 30.3 Å². The van der Waals surface area contributed by atoms with E-state index in [4.69, 9.17) is 0 Å². The molecule has 27 heavy (non-hydrogen) atoms. The van der Waals surface area contributed by atoms with Gasteiger partial charge in [0.2, 0.25) is 0 Å². The lowest BCUT2D eigenvalue weighted by molar-refractivity contribution is 0.642. The molecule has 4 rings (SSSR count). The molecule has 132 valence electrons. The third kappa shape index (κ3) is 3.16. The first-order chi connectivity index (χ1) is 13.2. The van der Waals surface area contributed by atoms with Crippen molar-refractivity contribution in [2.24, 2.45) is 4.99 Å². The van der Waals surface area contributed by atoms with Gasteiger partial charge in [0.1, 0.15) is 22.8 Å². The summed E-state index contributed by atoms with van der Waals surface area (Å²) in [4.78, 5) is 17.0.